The largest absolute Gasteiger partial charge is 0.463 e. The molecule has 0 spiro atoms. The molecule has 0 amide bonds. The third-order valence-electron chi connectivity index (χ3n) is 2.39. The third-order valence-corrected chi connectivity index (χ3v) is 3.03. The van der Waals surface area contributed by atoms with E-state index < -0.39 is 5.54 Å². The molecule has 0 radical (unpaired) electrons. The van der Waals surface area contributed by atoms with Crippen LogP contribution in [0, 0.1) is 0 Å². The second kappa shape index (κ2) is 4.97. The van der Waals surface area contributed by atoms with E-state index in [1.54, 1.807) is 12.4 Å². The van der Waals surface area contributed by atoms with Crippen LogP contribution in [0.15, 0.2) is 32.9 Å². The van der Waals surface area contributed by atoms with Crippen molar-refractivity contribution in [2.75, 3.05) is 6.61 Å². The van der Waals surface area contributed by atoms with Crippen molar-refractivity contribution >= 4 is 33.9 Å². The van der Waals surface area contributed by atoms with Crippen molar-refractivity contribution in [2.45, 2.75) is 19.4 Å². The Morgan fingerprint density at radius 1 is 1.56 bits per heavy atom. The average Bonchev–Trinajstić information content (AvgIpc) is 2.71. The number of hydrogen-bond acceptors (Lipinski definition) is 5. The maximum Gasteiger partial charge on any atom is 0.302 e. The van der Waals surface area contributed by atoms with Crippen LogP contribution in [-0.4, -0.2) is 35.1 Å². The number of halogens is 1. The molecular weight excluding hydrogens is 298 g/mol. The minimum atomic E-state index is -0.601. The van der Waals surface area contributed by atoms with Gasteiger partial charge in [-0.3, -0.25) is 9.79 Å². The number of rotatable bonds is 3. The molecule has 1 unspecified atom stereocenters. The normalized spacial score (nSPS) is 21.8. The molecule has 0 N–H and O–H groups in total. The minimum absolute atomic E-state index is 0.188. The molecule has 1 aliphatic heterocycles. The van der Waals surface area contributed by atoms with Gasteiger partial charge in [-0.15, -0.1) is 0 Å². The highest BCUT2D eigenvalue weighted by molar-refractivity contribution is 9.10. The molecule has 1 aromatic heterocycles. The zero-order valence-corrected chi connectivity index (χ0v) is 11.6. The molecule has 1 aliphatic rings. The summed E-state index contributed by atoms with van der Waals surface area (Å²) < 4.78 is 5.67. The van der Waals surface area contributed by atoms with Gasteiger partial charge in [0.25, 0.3) is 0 Å². The van der Waals surface area contributed by atoms with Crippen molar-refractivity contribution in [3.63, 3.8) is 0 Å². The number of hydrogen-bond donors (Lipinski definition) is 0. The number of aliphatic imine (C=N–C) groups is 2. The summed E-state index contributed by atoms with van der Waals surface area (Å²) in [4.78, 5) is 23.7. The first-order valence-corrected chi connectivity index (χ1v) is 6.19. The molecule has 5 nitrogen and oxygen atoms in total. The highest BCUT2D eigenvalue weighted by atomic mass is 79.9. The van der Waals surface area contributed by atoms with E-state index in [1.165, 1.54) is 6.92 Å². The van der Waals surface area contributed by atoms with Crippen molar-refractivity contribution in [1.29, 1.82) is 0 Å². The van der Waals surface area contributed by atoms with Crippen molar-refractivity contribution in [2.24, 2.45) is 9.98 Å². The van der Waals surface area contributed by atoms with E-state index >= 15 is 0 Å². The monoisotopic (exact) mass is 309 g/mol. The number of pyridine rings is 1. The highest BCUT2D eigenvalue weighted by Crippen LogP contribution is 2.21. The predicted octanol–water partition coefficient (Wildman–Crippen LogP) is 2.00. The maximum absolute atomic E-state index is 10.8. The summed E-state index contributed by atoms with van der Waals surface area (Å²) in [5.74, 6) is 0.264. The van der Waals surface area contributed by atoms with E-state index in [1.807, 2.05) is 19.1 Å². The molecule has 0 fully saturated rings. The van der Waals surface area contributed by atoms with Gasteiger partial charge in [-0.2, -0.15) is 0 Å². The van der Waals surface area contributed by atoms with E-state index in [0.29, 0.717) is 10.4 Å². The van der Waals surface area contributed by atoms with Crippen LogP contribution in [0.4, 0.5) is 0 Å². The van der Waals surface area contributed by atoms with Gasteiger partial charge in [-0.1, -0.05) is 0 Å². The van der Waals surface area contributed by atoms with Crippen LogP contribution in [0.5, 0.6) is 0 Å². The molecule has 2 heterocycles. The number of amidine groups is 1. The fraction of sp³-hybridized carbons (Fsp3) is 0.333. The lowest BCUT2D eigenvalue weighted by Crippen LogP contribution is -2.29. The lowest BCUT2D eigenvalue weighted by Gasteiger charge is -2.15. The summed E-state index contributed by atoms with van der Waals surface area (Å²) in [5, 5.41) is 0. The topological polar surface area (TPSA) is 63.9 Å². The van der Waals surface area contributed by atoms with Crippen LogP contribution in [0.25, 0.3) is 0 Å². The quantitative estimate of drug-likeness (QED) is 0.633. The van der Waals surface area contributed by atoms with Crippen LogP contribution in [0.3, 0.4) is 0 Å². The van der Waals surface area contributed by atoms with E-state index in [0.717, 1.165) is 5.56 Å². The molecule has 1 aromatic rings. The summed E-state index contributed by atoms with van der Waals surface area (Å²) in [7, 11) is 0. The second-order valence-electron chi connectivity index (χ2n) is 4.17. The Bertz CT molecular complexity index is 542. The summed E-state index contributed by atoms with van der Waals surface area (Å²) >= 11 is 3.35. The van der Waals surface area contributed by atoms with E-state index in [9.17, 15) is 4.79 Å². The average molecular weight is 310 g/mol. The second-order valence-corrected chi connectivity index (χ2v) is 4.92. The van der Waals surface area contributed by atoms with Gasteiger partial charge in [0.15, 0.2) is 5.84 Å². The third kappa shape index (κ3) is 2.81. The Morgan fingerprint density at radius 3 is 3.00 bits per heavy atom. The van der Waals surface area contributed by atoms with Crippen molar-refractivity contribution in [3.05, 3.63) is 28.5 Å². The Morgan fingerprint density at radius 2 is 2.33 bits per heavy atom. The molecular formula is C12H12BrN3O2. The van der Waals surface area contributed by atoms with Gasteiger partial charge < -0.3 is 4.74 Å². The SMILES string of the molecule is CC(=O)OCC1(C)C=NC(c2cccnc2Br)=N1. The van der Waals surface area contributed by atoms with Crippen LogP contribution in [0.2, 0.25) is 0 Å². The van der Waals surface area contributed by atoms with Crippen molar-refractivity contribution in [1.82, 2.24) is 4.98 Å². The zero-order valence-electron chi connectivity index (χ0n) is 10.1. The van der Waals surface area contributed by atoms with E-state index in [-0.39, 0.29) is 12.6 Å². The Labute approximate surface area is 113 Å². The Hall–Kier alpha value is -1.56. The molecule has 94 valence electrons. The summed E-state index contributed by atoms with van der Waals surface area (Å²) in [5.41, 5.74) is 0.219. The Balaban J connectivity index is 2.21. The van der Waals surface area contributed by atoms with Crippen molar-refractivity contribution in [3.8, 4) is 0 Å². The van der Waals surface area contributed by atoms with Crippen LogP contribution >= 0.6 is 15.9 Å². The first kappa shape index (κ1) is 12.9. The Kier molecular flexibility index (Phi) is 3.56. The van der Waals surface area contributed by atoms with Crippen LogP contribution in [-0.2, 0) is 9.53 Å². The molecule has 0 aromatic carbocycles. The highest BCUT2D eigenvalue weighted by Gasteiger charge is 2.29. The number of carbonyl (C=O) groups is 1. The lowest BCUT2D eigenvalue weighted by atomic mass is 10.1. The summed E-state index contributed by atoms with van der Waals surface area (Å²) in [6.07, 6.45) is 3.37. The number of esters is 1. The van der Waals surface area contributed by atoms with Gasteiger partial charge in [-0.25, -0.2) is 9.98 Å². The van der Waals surface area contributed by atoms with Crippen LogP contribution < -0.4 is 0 Å². The standard InChI is InChI=1S/C12H12BrN3O2/c1-8(17)18-7-12(2)6-15-11(16-12)9-4-3-5-14-10(9)13/h3-6H,7H2,1-2H3. The fourth-order valence-corrected chi connectivity index (χ4v) is 1.93. The molecule has 18 heavy (non-hydrogen) atoms. The van der Waals surface area contributed by atoms with Gasteiger partial charge in [0, 0.05) is 19.3 Å². The summed E-state index contributed by atoms with van der Waals surface area (Å²) in [6, 6.07) is 3.70. The smallest absolute Gasteiger partial charge is 0.302 e. The van der Waals surface area contributed by atoms with Gasteiger partial charge in [0.05, 0.1) is 5.56 Å². The molecule has 0 saturated carbocycles. The number of nitrogens with zero attached hydrogens (tertiary/aromatic N) is 3. The molecule has 1 atom stereocenters. The van der Waals surface area contributed by atoms with Gasteiger partial charge in [0.1, 0.15) is 16.7 Å². The molecule has 6 heteroatoms. The van der Waals surface area contributed by atoms with Gasteiger partial charge in [0.2, 0.25) is 0 Å². The number of aromatic nitrogens is 1. The van der Waals surface area contributed by atoms with E-state index in [2.05, 4.69) is 30.9 Å². The predicted molar refractivity (Wildman–Crippen MR) is 72.0 cm³/mol. The molecule has 2 rings (SSSR count). The first-order valence-electron chi connectivity index (χ1n) is 5.39. The van der Waals surface area contributed by atoms with Crippen LogP contribution in [0.1, 0.15) is 19.4 Å². The zero-order chi connectivity index (χ0) is 13.2. The minimum Gasteiger partial charge on any atom is -0.463 e. The van der Waals surface area contributed by atoms with E-state index in [4.69, 9.17) is 4.74 Å². The first-order chi connectivity index (χ1) is 8.50. The number of ether oxygens (including phenoxy) is 1. The molecule has 0 saturated heterocycles. The number of carbonyl (C=O) groups excluding carboxylic acids is 1. The maximum atomic E-state index is 10.8. The molecule has 0 bridgehead atoms. The summed E-state index contributed by atoms with van der Waals surface area (Å²) in [6.45, 7) is 3.42. The fourth-order valence-electron chi connectivity index (χ4n) is 1.50. The van der Waals surface area contributed by atoms with Crippen molar-refractivity contribution < 1.29 is 9.53 Å². The molecule has 0 aliphatic carbocycles. The van der Waals surface area contributed by atoms with Gasteiger partial charge in [-0.05, 0) is 35.0 Å². The van der Waals surface area contributed by atoms with Gasteiger partial charge >= 0.3 is 5.97 Å². The lowest BCUT2D eigenvalue weighted by molar-refractivity contribution is -0.141.